The fourth-order valence-electron chi connectivity index (χ4n) is 0.513. The summed E-state index contributed by atoms with van der Waals surface area (Å²) in [5.41, 5.74) is 0. The summed E-state index contributed by atoms with van der Waals surface area (Å²) in [6.45, 7) is 7.63. The van der Waals surface area contributed by atoms with Crippen molar-refractivity contribution >= 4 is 7.91 Å². The van der Waals surface area contributed by atoms with Crippen LogP contribution in [0.25, 0.3) is 0 Å². The summed E-state index contributed by atoms with van der Waals surface area (Å²) < 4.78 is 32.8. The Bertz CT molecular complexity index is 166. The van der Waals surface area contributed by atoms with Gasteiger partial charge in [0.25, 0.3) is 0 Å². The minimum Gasteiger partial charge on any atom is -0.283 e. The first-order chi connectivity index (χ1) is 5.83. The third-order valence-corrected chi connectivity index (χ3v) is 2.04. The summed E-state index contributed by atoms with van der Waals surface area (Å²) in [6, 6.07) is 0. The van der Waals surface area contributed by atoms with Gasteiger partial charge in [0.15, 0.2) is 0 Å². The van der Waals surface area contributed by atoms with Crippen LogP contribution in [0.4, 0.5) is 4.20 Å². The molecule has 0 aromatic rings. The van der Waals surface area contributed by atoms with Crippen LogP contribution in [-0.4, -0.2) is 13.2 Å². The van der Waals surface area contributed by atoms with Crippen molar-refractivity contribution in [1.82, 2.24) is 0 Å². The summed E-state index contributed by atoms with van der Waals surface area (Å²) in [5.74, 6) is 0.290. The Kier molecular flexibility index (Phi) is 5.77. The Hall–Kier alpha value is 0.0800. The number of hydrogen-bond donors (Lipinski definition) is 0. The molecule has 0 fully saturated rings. The number of rotatable bonds is 6. The van der Waals surface area contributed by atoms with Gasteiger partial charge in [-0.1, -0.05) is 27.7 Å². The van der Waals surface area contributed by atoms with Gasteiger partial charge in [-0.25, -0.2) is 4.57 Å². The minimum atomic E-state index is -4.30. The van der Waals surface area contributed by atoms with E-state index in [1.54, 1.807) is 0 Å². The fraction of sp³-hybridized carbons (Fsp3) is 1.00. The van der Waals surface area contributed by atoms with Gasteiger partial charge in [0.1, 0.15) is 0 Å². The molecule has 0 aromatic heterocycles. The minimum absolute atomic E-state index is 0.117. The highest BCUT2D eigenvalue weighted by Crippen LogP contribution is 2.50. The standard InChI is InChI=1S/C8H18FO3P/c1-7(2)5-11-13(9,10)12-6-8(3)4/h7-8H,5-6H2,1-4H3. The monoisotopic (exact) mass is 212 g/mol. The summed E-state index contributed by atoms with van der Waals surface area (Å²) in [4.78, 5) is 0. The highest BCUT2D eigenvalue weighted by molar-refractivity contribution is 7.48. The second kappa shape index (κ2) is 5.74. The smallest absolute Gasteiger partial charge is 0.283 e. The van der Waals surface area contributed by atoms with Crippen molar-refractivity contribution in [3.05, 3.63) is 0 Å². The van der Waals surface area contributed by atoms with Gasteiger partial charge < -0.3 is 0 Å². The van der Waals surface area contributed by atoms with Crippen LogP contribution in [-0.2, 0) is 13.6 Å². The first-order valence-corrected chi connectivity index (χ1v) is 5.85. The van der Waals surface area contributed by atoms with Gasteiger partial charge in [-0.15, -0.1) is 4.20 Å². The molecule has 0 atom stereocenters. The van der Waals surface area contributed by atoms with Crippen LogP contribution in [0.5, 0.6) is 0 Å². The third-order valence-electron chi connectivity index (χ3n) is 1.12. The van der Waals surface area contributed by atoms with Crippen LogP contribution in [0.2, 0.25) is 0 Å². The van der Waals surface area contributed by atoms with Crippen molar-refractivity contribution < 1.29 is 17.8 Å². The van der Waals surface area contributed by atoms with Gasteiger partial charge in [-0.3, -0.25) is 9.05 Å². The van der Waals surface area contributed by atoms with E-state index in [0.29, 0.717) is 0 Å². The van der Waals surface area contributed by atoms with Crippen LogP contribution in [0, 0.1) is 11.8 Å². The molecule has 0 spiro atoms. The normalized spacial score (nSPS) is 12.8. The Morgan fingerprint density at radius 3 is 1.62 bits per heavy atom. The summed E-state index contributed by atoms with van der Waals surface area (Å²) in [7, 11) is -4.30. The quantitative estimate of drug-likeness (QED) is 0.633. The van der Waals surface area contributed by atoms with Crippen molar-refractivity contribution in [2.45, 2.75) is 27.7 Å². The van der Waals surface area contributed by atoms with Crippen LogP contribution in [0.15, 0.2) is 0 Å². The molecule has 5 heteroatoms. The zero-order valence-electron chi connectivity index (χ0n) is 8.62. The zero-order valence-corrected chi connectivity index (χ0v) is 9.51. The maximum atomic E-state index is 12.9. The van der Waals surface area contributed by atoms with Gasteiger partial charge in [0, 0.05) is 0 Å². The molecule has 0 bridgehead atoms. The van der Waals surface area contributed by atoms with E-state index in [1.807, 2.05) is 27.7 Å². The van der Waals surface area contributed by atoms with E-state index in [4.69, 9.17) is 0 Å². The predicted molar refractivity (Wildman–Crippen MR) is 50.3 cm³/mol. The molecule has 0 aliphatic rings. The third kappa shape index (κ3) is 8.41. The molecule has 0 N–H and O–H groups in total. The zero-order chi connectivity index (χ0) is 10.5. The molecule has 0 radical (unpaired) electrons. The largest absolute Gasteiger partial charge is 0.513 e. The van der Waals surface area contributed by atoms with Gasteiger partial charge >= 0.3 is 7.91 Å². The van der Waals surface area contributed by atoms with Gasteiger partial charge in [0.2, 0.25) is 0 Å². The van der Waals surface area contributed by atoms with Gasteiger partial charge in [0.05, 0.1) is 13.2 Å². The topological polar surface area (TPSA) is 35.5 Å². The molecule has 0 aromatic carbocycles. The van der Waals surface area contributed by atoms with E-state index in [9.17, 15) is 8.76 Å². The van der Waals surface area contributed by atoms with Crippen molar-refractivity contribution in [3.8, 4) is 0 Å². The van der Waals surface area contributed by atoms with Gasteiger partial charge in [-0.2, -0.15) is 0 Å². The average Bonchev–Trinajstić information content (AvgIpc) is 1.98. The van der Waals surface area contributed by atoms with Crippen LogP contribution >= 0.6 is 7.91 Å². The van der Waals surface area contributed by atoms with Crippen molar-refractivity contribution in [1.29, 1.82) is 0 Å². The molecule has 0 amide bonds. The maximum absolute atomic E-state index is 12.9. The molecular formula is C8H18FO3P. The van der Waals surface area contributed by atoms with Crippen molar-refractivity contribution in [2.24, 2.45) is 11.8 Å². The number of hydrogen-bond acceptors (Lipinski definition) is 3. The van der Waals surface area contributed by atoms with Crippen molar-refractivity contribution in [2.75, 3.05) is 13.2 Å². The molecule has 0 unspecified atom stereocenters. The van der Waals surface area contributed by atoms with Gasteiger partial charge in [-0.05, 0) is 11.8 Å². The lowest BCUT2D eigenvalue weighted by Crippen LogP contribution is -2.03. The Labute approximate surface area is 79.3 Å². The lowest BCUT2D eigenvalue weighted by Gasteiger charge is -2.12. The van der Waals surface area contributed by atoms with E-state index < -0.39 is 7.91 Å². The van der Waals surface area contributed by atoms with E-state index in [0.717, 1.165) is 0 Å². The molecule has 0 aliphatic heterocycles. The molecule has 0 rings (SSSR count). The highest BCUT2D eigenvalue weighted by Gasteiger charge is 2.24. The average molecular weight is 212 g/mol. The molecule has 0 saturated carbocycles. The lowest BCUT2D eigenvalue weighted by molar-refractivity contribution is 0.147. The Balaban J connectivity index is 3.74. The highest BCUT2D eigenvalue weighted by atomic mass is 31.2. The number of halogens is 1. The fourth-order valence-corrected chi connectivity index (χ4v) is 1.54. The Morgan fingerprint density at radius 1 is 1.08 bits per heavy atom. The second-order valence-corrected chi connectivity index (χ2v) is 5.19. The summed E-state index contributed by atoms with van der Waals surface area (Å²) in [6.07, 6.45) is 0. The van der Waals surface area contributed by atoms with Crippen molar-refractivity contribution in [3.63, 3.8) is 0 Å². The second-order valence-electron chi connectivity index (χ2n) is 3.81. The molecule has 0 heterocycles. The summed E-state index contributed by atoms with van der Waals surface area (Å²) >= 11 is 0. The molecule has 3 nitrogen and oxygen atoms in total. The predicted octanol–water partition coefficient (Wildman–Crippen LogP) is 3.41. The van der Waals surface area contributed by atoms with E-state index in [-0.39, 0.29) is 25.0 Å². The molecular weight excluding hydrogens is 194 g/mol. The van der Waals surface area contributed by atoms with E-state index >= 15 is 0 Å². The van der Waals surface area contributed by atoms with E-state index in [1.165, 1.54) is 0 Å². The Morgan fingerprint density at radius 2 is 1.38 bits per heavy atom. The SMILES string of the molecule is CC(C)COP(=O)(F)OCC(C)C. The van der Waals surface area contributed by atoms with Crippen LogP contribution < -0.4 is 0 Å². The first kappa shape index (κ1) is 13.1. The van der Waals surface area contributed by atoms with Crippen LogP contribution in [0.3, 0.4) is 0 Å². The summed E-state index contributed by atoms with van der Waals surface area (Å²) in [5, 5.41) is 0. The molecule has 0 saturated heterocycles. The molecule has 13 heavy (non-hydrogen) atoms. The maximum Gasteiger partial charge on any atom is 0.513 e. The van der Waals surface area contributed by atoms with E-state index in [2.05, 4.69) is 9.05 Å². The molecule has 0 aliphatic carbocycles. The first-order valence-electron chi connectivity index (χ1n) is 4.42. The van der Waals surface area contributed by atoms with Crippen LogP contribution in [0.1, 0.15) is 27.7 Å². The molecule has 80 valence electrons. The lowest BCUT2D eigenvalue weighted by atomic mass is 10.2.